The van der Waals surface area contributed by atoms with Crippen LogP contribution in [0.25, 0.3) is 6.08 Å². The maximum Gasteiger partial charge on any atom is 0.270 e. The van der Waals surface area contributed by atoms with Gasteiger partial charge in [-0.3, -0.25) is 19.8 Å². The van der Waals surface area contributed by atoms with Crippen molar-refractivity contribution in [1.82, 2.24) is 5.32 Å². The summed E-state index contributed by atoms with van der Waals surface area (Å²) in [6.45, 7) is 2.33. The fourth-order valence-corrected chi connectivity index (χ4v) is 3.69. The van der Waals surface area contributed by atoms with Crippen LogP contribution in [0, 0.1) is 0 Å². The van der Waals surface area contributed by atoms with Crippen molar-refractivity contribution < 1.29 is 19.1 Å². The van der Waals surface area contributed by atoms with E-state index in [1.54, 1.807) is 36.4 Å². The third-order valence-corrected chi connectivity index (χ3v) is 5.37. The molecule has 2 aromatic carbocycles. The Hall–Kier alpha value is -2.42. The van der Waals surface area contributed by atoms with Crippen molar-refractivity contribution in [3.8, 4) is 11.5 Å². The molecule has 0 aromatic heterocycles. The Bertz CT molecular complexity index is 1040. The smallest absolute Gasteiger partial charge is 0.270 e. The molecule has 1 saturated heterocycles. The van der Waals surface area contributed by atoms with Crippen molar-refractivity contribution in [2.24, 2.45) is 0 Å². The summed E-state index contributed by atoms with van der Waals surface area (Å²) >= 11 is 14.9. The van der Waals surface area contributed by atoms with Gasteiger partial charge in [-0.15, -0.1) is 0 Å². The summed E-state index contributed by atoms with van der Waals surface area (Å²) in [5.74, 6) is -0.152. The van der Waals surface area contributed by atoms with Gasteiger partial charge in [0.2, 0.25) is 0 Å². The average Bonchev–Trinajstić information content (AvgIpc) is 2.68. The monoisotopic (exact) mass is 494 g/mol. The van der Waals surface area contributed by atoms with E-state index in [2.05, 4.69) is 21.2 Å². The van der Waals surface area contributed by atoms with Crippen molar-refractivity contribution in [3.63, 3.8) is 0 Å². The Balaban J connectivity index is 2.06. The van der Waals surface area contributed by atoms with Crippen LogP contribution in [0.3, 0.4) is 0 Å². The van der Waals surface area contributed by atoms with Crippen LogP contribution in [0.4, 0.5) is 5.69 Å². The molecule has 2 amide bonds. The first-order chi connectivity index (χ1) is 13.9. The van der Waals surface area contributed by atoms with Crippen LogP contribution >= 0.6 is 39.7 Å². The highest BCUT2D eigenvalue weighted by atomic mass is 79.9. The minimum Gasteiger partial charge on any atom is -0.493 e. The molecule has 0 unspecified atom stereocenters. The lowest BCUT2D eigenvalue weighted by molar-refractivity contribution is -0.122. The molecular weight excluding hydrogens is 480 g/mol. The number of hydrogen-bond donors (Lipinski definition) is 1. The molecule has 0 spiro atoms. The van der Waals surface area contributed by atoms with Gasteiger partial charge in [-0.05, 0) is 55.0 Å². The first-order valence-electron chi connectivity index (χ1n) is 8.53. The van der Waals surface area contributed by atoms with Gasteiger partial charge in [0.25, 0.3) is 11.8 Å². The molecule has 3 rings (SSSR count). The molecule has 1 aliphatic heterocycles. The second-order valence-electron chi connectivity index (χ2n) is 5.87. The van der Waals surface area contributed by atoms with Crippen LogP contribution in [0.5, 0.6) is 11.5 Å². The average molecular weight is 496 g/mol. The number of nitrogens with zero attached hydrogens (tertiary/aromatic N) is 1. The summed E-state index contributed by atoms with van der Waals surface area (Å²) in [5.41, 5.74) is 0.861. The van der Waals surface area contributed by atoms with E-state index < -0.39 is 11.8 Å². The van der Waals surface area contributed by atoms with Gasteiger partial charge in [0.15, 0.2) is 16.6 Å². The lowest BCUT2D eigenvalue weighted by atomic mass is 10.1. The first kappa shape index (κ1) is 21.3. The number of anilines is 1. The van der Waals surface area contributed by atoms with Crippen molar-refractivity contribution in [2.45, 2.75) is 6.92 Å². The van der Waals surface area contributed by atoms with Gasteiger partial charge in [0, 0.05) is 4.47 Å². The summed E-state index contributed by atoms with van der Waals surface area (Å²) in [7, 11) is 1.51. The molecule has 9 heteroatoms. The molecular formula is C20H16BrClN2O4S. The molecule has 0 bridgehead atoms. The SMILES string of the molecule is CCOc1cc(Br)c(/C=C2\C(=O)NC(=S)N(c3ccccc3Cl)C2=O)cc1OC. The van der Waals surface area contributed by atoms with E-state index in [1.165, 1.54) is 18.1 Å². The number of carbonyl (C=O) groups is 2. The van der Waals surface area contributed by atoms with Crippen LogP contribution < -0.4 is 19.7 Å². The number of thiocarbonyl (C=S) groups is 1. The molecule has 1 N–H and O–H groups in total. The number of benzene rings is 2. The molecule has 29 heavy (non-hydrogen) atoms. The van der Waals surface area contributed by atoms with E-state index in [1.807, 2.05) is 6.92 Å². The quantitative estimate of drug-likeness (QED) is 0.380. The second-order valence-corrected chi connectivity index (χ2v) is 7.52. The van der Waals surface area contributed by atoms with E-state index in [9.17, 15) is 9.59 Å². The molecule has 0 aliphatic carbocycles. The van der Waals surface area contributed by atoms with Gasteiger partial charge in [-0.25, -0.2) is 0 Å². The topological polar surface area (TPSA) is 67.9 Å². The normalized spacial score (nSPS) is 15.5. The van der Waals surface area contributed by atoms with Crippen LogP contribution in [-0.4, -0.2) is 30.6 Å². The summed E-state index contributed by atoms with van der Waals surface area (Å²) in [5, 5.41) is 2.84. The fourth-order valence-electron chi connectivity index (χ4n) is 2.75. The summed E-state index contributed by atoms with van der Waals surface area (Å²) < 4.78 is 11.5. The van der Waals surface area contributed by atoms with Gasteiger partial charge < -0.3 is 9.47 Å². The van der Waals surface area contributed by atoms with E-state index in [0.717, 1.165) is 0 Å². The third-order valence-electron chi connectivity index (χ3n) is 4.08. The number of ether oxygens (including phenoxy) is 2. The minimum atomic E-state index is -0.594. The fraction of sp³-hybridized carbons (Fsp3) is 0.150. The standard InChI is InChI=1S/C20H16BrClN2O4S/c1-3-28-17-10-13(21)11(9-16(17)27-2)8-12-18(25)23-20(29)24(19(12)26)15-7-5-4-6-14(15)22/h4-10H,3H2,1-2H3,(H,23,25,29)/b12-8+. The van der Waals surface area contributed by atoms with Crippen molar-refractivity contribution in [1.29, 1.82) is 0 Å². The molecule has 2 aromatic rings. The minimum absolute atomic E-state index is 0.0337. The highest BCUT2D eigenvalue weighted by Crippen LogP contribution is 2.35. The summed E-state index contributed by atoms with van der Waals surface area (Å²) in [6.07, 6.45) is 1.46. The Morgan fingerprint density at radius 2 is 1.97 bits per heavy atom. The number of halogens is 2. The molecule has 1 aliphatic rings. The Morgan fingerprint density at radius 1 is 1.24 bits per heavy atom. The Kier molecular flexibility index (Phi) is 6.56. The Morgan fingerprint density at radius 3 is 2.62 bits per heavy atom. The zero-order valence-corrected chi connectivity index (χ0v) is 18.7. The van der Waals surface area contributed by atoms with Gasteiger partial charge in [0.05, 0.1) is 24.4 Å². The molecule has 0 saturated carbocycles. The maximum atomic E-state index is 13.1. The van der Waals surface area contributed by atoms with Crippen molar-refractivity contribution >= 4 is 68.4 Å². The Labute approximate surface area is 186 Å². The van der Waals surface area contributed by atoms with Gasteiger partial charge in [-0.2, -0.15) is 0 Å². The highest BCUT2D eigenvalue weighted by Gasteiger charge is 2.35. The molecule has 150 valence electrons. The number of nitrogens with one attached hydrogen (secondary N) is 1. The predicted molar refractivity (Wildman–Crippen MR) is 120 cm³/mol. The second kappa shape index (κ2) is 8.94. The van der Waals surface area contributed by atoms with E-state index in [-0.39, 0.29) is 10.7 Å². The highest BCUT2D eigenvalue weighted by molar-refractivity contribution is 9.10. The summed E-state index contributed by atoms with van der Waals surface area (Å²) in [6, 6.07) is 10.1. The van der Waals surface area contributed by atoms with Crippen LogP contribution in [0.2, 0.25) is 5.02 Å². The van der Waals surface area contributed by atoms with Gasteiger partial charge >= 0.3 is 0 Å². The summed E-state index contributed by atoms with van der Waals surface area (Å²) in [4.78, 5) is 26.8. The molecule has 1 fully saturated rings. The number of carbonyl (C=O) groups excluding carboxylic acids is 2. The zero-order chi connectivity index (χ0) is 21.1. The molecule has 6 nitrogen and oxygen atoms in total. The number of rotatable bonds is 5. The lowest BCUT2D eigenvalue weighted by Gasteiger charge is -2.29. The van der Waals surface area contributed by atoms with Gasteiger partial charge in [0.1, 0.15) is 5.57 Å². The number of para-hydroxylation sites is 1. The maximum absolute atomic E-state index is 13.1. The zero-order valence-electron chi connectivity index (χ0n) is 15.5. The van der Waals surface area contributed by atoms with Crippen LogP contribution in [-0.2, 0) is 9.59 Å². The molecule has 0 atom stereocenters. The lowest BCUT2D eigenvalue weighted by Crippen LogP contribution is -2.54. The number of methoxy groups -OCH3 is 1. The van der Waals surface area contributed by atoms with E-state index >= 15 is 0 Å². The van der Waals surface area contributed by atoms with Crippen LogP contribution in [0.1, 0.15) is 12.5 Å². The predicted octanol–water partition coefficient (Wildman–Crippen LogP) is 4.34. The van der Waals surface area contributed by atoms with E-state index in [4.69, 9.17) is 33.3 Å². The van der Waals surface area contributed by atoms with Crippen molar-refractivity contribution in [3.05, 3.63) is 57.0 Å². The first-order valence-corrected chi connectivity index (χ1v) is 10.1. The molecule has 1 heterocycles. The third kappa shape index (κ3) is 4.29. The number of amides is 2. The van der Waals surface area contributed by atoms with Gasteiger partial charge in [-0.1, -0.05) is 39.7 Å². The van der Waals surface area contributed by atoms with Crippen molar-refractivity contribution in [2.75, 3.05) is 18.6 Å². The largest absolute Gasteiger partial charge is 0.493 e. The van der Waals surface area contributed by atoms with Crippen LogP contribution in [0.15, 0.2) is 46.4 Å². The van der Waals surface area contributed by atoms with E-state index in [0.29, 0.717) is 38.9 Å². The molecule has 0 radical (unpaired) electrons. The number of hydrogen-bond acceptors (Lipinski definition) is 5.